The molecule has 2 aromatic carbocycles. The number of carbonyl (C=O) groups is 1. The third-order valence-corrected chi connectivity index (χ3v) is 4.34. The van der Waals surface area contributed by atoms with E-state index in [2.05, 4.69) is 38.1 Å². The molecular weight excluding hydrogens is 256 g/mol. The molecule has 3 rings (SSSR count). The van der Waals surface area contributed by atoms with E-state index >= 15 is 0 Å². The Kier molecular flexibility index (Phi) is 3.67. The number of hydrogen-bond acceptors (Lipinski definition) is 1. The Labute approximate surface area is 127 Å². The summed E-state index contributed by atoms with van der Waals surface area (Å²) in [4.78, 5) is 13.0. The van der Waals surface area contributed by atoms with Crippen LogP contribution >= 0.6 is 0 Å². The molecule has 0 saturated heterocycles. The molecule has 0 atom stereocenters. The Hall–Kier alpha value is -1.89. The lowest BCUT2D eigenvalue weighted by molar-refractivity contribution is 0.0946. The number of Topliss-reactive ketones (excluding diaryl/α,β-unsaturated/α-hetero) is 1. The van der Waals surface area contributed by atoms with Crippen molar-refractivity contribution >= 4 is 5.78 Å². The third kappa shape index (κ3) is 2.78. The van der Waals surface area contributed by atoms with Crippen molar-refractivity contribution in [3.05, 3.63) is 71.3 Å². The number of ketones is 1. The van der Waals surface area contributed by atoms with E-state index in [1.807, 2.05) is 30.3 Å². The predicted octanol–water partition coefficient (Wildman–Crippen LogP) is 4.80. The molecule has 1 fully saturated rings. The molecule has 1 nitrogen and oxygen atoms in total. The lowest BCUT2D eigenvalue weighted by Crippen LogP contribution is -2.20. The summed E-state index contributed by atoms with van der Waals surface area (Å²) >= 11 is 0. The first kappa shape index (κ1) is 14.1. The fraction of sp³-hybridized carbons (Fsp3) is 0.350. The molecule has 0 bridgehead atoms. The average molecular weight is 278 g/mol. The Morgan fingerprint density at radius 3 is 2.38 bits per heavy atom. The molecule has 0 aromatic heterocycles. The normalized spacial score (nSPS) is 16.0. The van der Waals surface area contributed by atoms with Crippen LogP contribution in [0, 0.1) is 5.92 Å². The summed E-state index contributed by atoms with van der Waals surface area (Å²) < 4.78 is 0. The Bertz CT molecular complexity index is 636. The maximum Gasteiger partial charge on any atom is 0.173 e. The number of benzene rings is 2. The summed E-state index contributed by atoms with van der Waals surface area (Å²) in [5.74, 6) is 0.902. The van der Waals surface area contributed by atoms with Crippen molar-refractivity contribution in [3.63, 3.8) is 0 Å². The van der Waals surface area contributed by atoms with Gasteiger partial charge in [0.25, 0.3) is 0 Å². The van der Waals surface area contributed by atoms with Gasteiger partial charge in [0, 0.05) is 5.56 Å². The zero-order valence-corrected chi connectivity index (χ0v) is 12.8. The minimum absolute atomic E-state index is 0.252. The molecule has 0 radical (unpaired) electrons. The molecule has 0 aliphatic heterocycles. The van der Waals surface area contributed by atoms with Gasteiger partial charge in [-0.1, -0.05) is 62.4 Å². The van der Waals surface area contributed by atoms with Crippen LogP contribution in [-0.4, -0.2) is 5.78 Å². The molecule has 0 N–H and O–H groups in total. The quantitative estimate of drug-likeness (QED) is 0.718. The van der Waals surface area contributed by atoms with Crippen LogP contribution < -0.4 is 0 Å². The number of carbonyl (C=O) groups excluding carboxylic acids is 1. The van der Waals surface area contributed by atoms with Gasteiger partial charge in [-0.15, -0.1) is 0 Å². The van der Waals surface area contributed by atoms with Gasteiger partial charge in [-0.2, -0.15) is 0 Å². The van der Waals surface area contributed by atoms with Crippen LogP contribution in [0.25, 0.3) is 0 Å². The zero-order valence-electron chi connectivity index (χ0n) is 12.8. The van der Waals surface area contributed by atoms with Gasteiger partial charge in [-0.05, 0) is 42.4 Å². The molecule has 0 heterocycles. The van der Waals surface area contributed by atoms with Gasteiger partial charge in [0.05, 0.1) is 5.41 Å². The van der Waals surface area contributed by atoms with Crippen molar-refractivity contribution < 1.29 is 4.79 Å². The topological polar surface area (TPSA) is 17.1 Å². The summed E-state index contributed by atoms with van der Waals surface area (Å²) in [6, 6.07) is 18.4. The smallest absolute Gasteiger partial charge is 0.173 e. The minimum atomic E-state index is -0.252. The standard InChI is InChI=1S/C20H22O/c1-15(2)13-16-7-6-8-17(14-16)19(21)20(11-12-20)18-9-4-3-5-10-18/h3-10,14-15H,11-13H2,1-2H3. The van der Waals surface area contributed by atoms with Gasteiger partial charge in [0.1, 0.15) is 0 Å². The van der Waals surface area contributed by atoms with Crippen LogP contribution in [0.15, 0.2) is 54.6 Å². The largest absolute Gasteiger partial charge is 0.293 e. The van der Waals surface area contributed by atoms with Gasteiger partial charge in [-0.3, -0.25) is 4.79 Å². The first-order chi connectivity index (χ1) is 10.1. The molecule has 1 aliphatic rings. The number of rotatable bonds is 5. The van der Waals surface area contributed by atoms with E-state index in [9.17, 15) is 4.79 Å². The lowest BCUT2D eigenvalue weighted by atomic mass is 9.86. The van der Waals surface area contributed by atoms with Crippen molar-refractivity contribution in [1.29, 1.82) is 0 Å². The second-order valence-electron chi connectivity index (χ2n) is 6.58. The van der Waals surface area contributed by atoms with Crippen LogP contribution in [0.4, 0.5) is 0 Å². The minimum Gasteiger partial charge on any atom is -0.293 e. The van der Waals surface area contributed by atoms with Crippen LogP contribution in [0.1, 0.15) is 48.2 Å². The third-order valence-electron chi connectivity index (χ3n) is 4.34. The Morgan fingerprint density at radius 1 is 1.05 bits per heavy atom. The first-order valence-electron chi connectivity index (χ1n) is 7.81. The summed E-state index contributed by atoms with van der Waals surface area (Å²) in [6.07, 6.45) is 2.98. The summed E-state index contributed by atoms with van der Waals surface area (Å²) in [5.41, 5.74) is 3.05. The van der Waals surface area contributed by atoms with E-state index in [0.29, 0.717) is 11.7 Å². The molecule has 0 unspecified atom stereocenters. The molecule has 0 amide bonds. The molecular formula is C20H22O. The SMILES string of the molecule is CC(C)Cc1cccc(C(=O)C2(c3ccccc3)CC2)c1. The van der Waals surface area contributed by atoms with Crippen molar-refractivity contribution in [2.75, 3.05) is 0 Å². The van der Waals surface area contributed by atoms with E-state index < -0.39 is 0 Å². The fourth-order valence-corrected chi connectivity index (χ4v) is 3.12. The maximum atomic E-state index is 13.0. The molecule has 108 valence electrons. The van der Waals surface area contributed by atoms with Crippen molar-refractivity contribution in [3.8, 4) is 0 Å². The molecule has 21 heavy (non-hydrogen) atoms. The van der Waals surface area contributed by atoms with E-state index in [4.69, 9.17) is 0 Å². The highest BCUT2D eigenvalue weighted by Crippen LogP contribution is 2.50. The van der Waals surface area contributed by atoms with Crippen LogP contribution in [0.3, 0.4) is 0 Å². The van der Waals surface area contributed by atoms with Crippen molar-refractivity contribution in [2.24, 2.45) is 5.92 Å². The summed E-state index contributed by atoms with van der Waals surface area (Å²) in [7, 11) is 0. The second-order valence-corrected chi connectivity index (χ2v) is 6.58. The van der Waals surface area contributed by atoms with Crippen molar-refractivity contribution in [2.45, 2.75) is 38.5 Å². The monoisotopic (exact) mass is 278 g/mol. The van der Waals surface area contributed by atoms with Gasteiger partial charge in [0.15, 0.2) is 5.78 Å². The van der Waals surface area contributed by atoms with Crippen LogP contribution in [0.2, 0.25) is 0 Å². The van der Waals surface area contributed by atoms with E-state index in [1.165, 1.54) is 11.1 Å². The maximum absolute atomic E-state index is 13.0. The van der Waals surface area contributed by atoms with Gasteiger partial charge in [0.2, 0.25) is 0 Å². The second kappa shape index (κ2) is 5.48. The number of hydrogen-bond donors (Lipinski definition) is 0. The van der Waals surface area contributed by atoms with Gasteiger partial charge < -0.3 is 0 Å². The Balaban J connectivity index is 1.89. The van der Waals surface area contributed by atoms with Crippen molar-refractivity contribution in [1.82, 2.24) is 0 Å². The molecule has 1 saturated carbocycles. The summed E-state index contributed by atoms with van der Waals surface area (Å²) in [6.45, 7) is 4.42. The van der Waals surface area contributed by atoms with E-state index in [1.54, 1.807) is 0 Å². The first-order valence-corrected chi connectivity index (χ1v) is 7.81. The van der Waals surface area contributed by atoms with Crippen LogP contribution in [0.5, 0.6) is 0 Å². The van der Waals surface area contributed by atoms with Gasteiger partial charge >= 0.3 is 0 Å². The van der Waals surface area contributed by atoms with E-state index in [0.717, 1.165) is 24.8 Å². The summed E-state index contributed by atoms with van der Waals surface area (Å²) in [5, 5.41) is 0. The predicted molar refractivity (Wildman–Crippen MR) is 86.7 cm³/mol. The lowest BCUT2D eigenvalue weighted by Gasteiger charge is -2.15. The highest BCUT2D eigenvalue weighted by molar-refractivity contribution is 6.06. The van der Waals surface area contributed by atoms with Crippen LogP contribution in [-0.2, 0) is 11.8 Å². The van der Waals surface area contributed by atoms with E-state index in [-0.39, 0.29) is 5.41 Å². The molecule has 1 aliphatic carbocycles. The average Bonchev–Trinajstić information content (AvgIpc) is 3.29. The highest BCUT2D eigenvalue weighted by atomic mass is 16.1. The fourth-order valence-electron chi connectivity index (χ4n) is 3.12. The molecule has 0 spiro atoms. The zero-order chi connectivity index (χ0) is 14.9. The molecule has 2 aromatic rings. The Morgan fingerprint density at radius 2 is 1.76 bits per heavy atom. The molecule has 1 heteroatoms. The van der Waals surface area contributed by atoms with Gasteiger partial charge in [-0.25, -0.2) is 0 Å². The highest BCUT2D eigenvalue weighted by Gasteiger charge is 2.50.